The van der Waals surface area contributed by atoms with Gasteiger partial charge in [-0.15, -0.1) is 0 Å². The highest BCUT2D eigenvalue weighted by Crippen LogP contribution is 2.24. The Morgan fingerprint density at radius 3 is 2.40 bits per heavy atom. The number of nitriles is 1. The molecule has 0 aromatic heterocycles. The predicted molar refractivity (Wildman–Crippen MR) is 133 cm³/mol. The van der Waals surface area contributed by atoms with Crippen molar-refractivity contribution in [1.82, 2.24) is 4.72 Å². The van der Waals surface area contributed by atoms with Gasteiger partial charge in [-0.25, -0.2) is 8.42 Å². The second-order valence-corrected chi connectivity index (χ2v) is 9.81. The SMILES string of the molecule is N#Cc1ccccc1-c1ccc(COC(=O)CCCCCN=C2NS(=O)(=O)c3ccccc32)cc1. The Morgan fingerprint density at radius 1 is 0.914 bits per heavy atom. The van der Waals surface area contributed by atoms with Crippen molar-refractivity contribution >= 4 is 21.8 Å². The van der Waals surface area contributed by atoms with Crippen LogP contribution in [0.15, 0.2) is 82.7 Å². The molecule has 0 atom stereocenters. The molecule has 0 radical (unpaired) electrons. The molecular weight excluding hydrogens is 462 g/mol. The maximum Gasteiger partial charge on any atom is 0.306 e. The molecular formula is C27H25N3O4S. The molecule has 0 amide bonds. The van der Waals surface area contributed by atoms with Crippen LogP contribution in [0.1, 0.15) is 42.4 Å². The molecule has 0 fully saturated rings. The molecule has 1 aliphatic heterocycles. The quantitative estimate of drug-likeness (QED) is 0.351. The number of amidine groups is 1. The number of nitrogens with zero attached hydrogens (tertiary/aromatic N) is 2. The number of carbonyl (C=O) groups excluding carboxylic acids is 1. The Hall–Kier alpha value is -3.96. The lowest BCUT2D eigenvalue weighted by Crippen LogP contribution is -2.22. The summed E-state index contributed by atoms with van der Waals surface area (Å²) < 4.78 is 32.0. The number of aliphatic imine (C=N–C) groups is 1. The van der Waals surface area contributed by atoms with Gasteiger partial charge in [-0.2, -0.15) is 5.26 Å². The highest BCUT2D eigenvalue weighted by Gasteiger charge is 2.29. The highest BCUT2D eigenvalue weighted by atomic mass is 32.2. The summed E-state index contributed by atoms with van der Waals surface area (Å²) in [7, 11) is -3.52. The van der Waals surface area contributed by atoms with Gasteiger partial charge in [0.05, 0.1) is 16.5 Å². The monoisotopic (exact) mass is 487 g/mol. The summed E-state index contributed by atoms with van der Waals surface area (Å²) in [5, 5.41) is 9.26. The fourth-order valence-corrected chi connectivity index (χ4v) is 5.10. The molecule has 1 heterocycles. The summed E-state index contributed by atoms with van der Waals surface area (Å²) in [4.78, 5) is 16.7. The molecule has 8 heteroatoms. The van der Waals surface area contributed by atoms with Gasteiger partial charge in [0.1, 0.15) is 12.4 Å². The van der Waals surface area contributed by atoms with Crippen LogP contribution in [0.5, 0.6) is 0 Å². The number of benzene rings is 3. The van der Waals surface area contributed by atoms with Crippen LogP contribution in [0.4, 0.5) is 0 Å². The second-order valence-electron chi connectivity index (χ2n) is 8.16. The smallest absolute Gasteiger partial charge is 0.306 e. The Bertz CT molecular complexity index is 1390. The third-order valence-corrected chi connectivity index (χ3v) is 7.08. The van der Waals surface area contributed by atoms with Gasteiger partial charge < -0.3 is 4.74 Å². The summed E-state index contributed by atoms with van der Waals surface area (Å²) >= 11 is 0. The predicted octanol–water partition coefficient (Wildman–Crippen LogP) is 4.57. The zero-order valence-electron chi connectivity index (χ0n) is 19.1. The molecule has 0 unspecified atom stereocenters. The van der Waals surface area contributed by atoms with Crippen molar-refractivity contribution in [3.63, 3.8) is 0 Å². The van der Waals surface area contributed by atoms with E-state index in [1.807, 2.05) is 42.5 Å². The van der Waals surface area contributed by atoms with Gasteiger partial charge in [0.15, 0.2) is 0 Å². The van der Waals surface area contributed by atoms with E-state index >= 15 is 0 Å². The largest absolute Gasteiger partial charge is 0.461 e. The van der Waals surface area contributed by atoms with E-state index in [-0.39, 0.29) is 17.5 Å². The maximum absolute atomic E-state index is 12.1. The lowest BCUT2D eigenvalue weighted by Gasteiger charge is -2.07. The highest BCUT2D eigenvalue weighted by molar-refractivity contribution is 7.90. The molecule has 0 aliphatic carbocycles. The Kier molecular flexibility index (Phi) is 7.58. The van der Waals surface area contributed by atoms with Crippen LogP contribution in [0.25, 0.3) is 11.1 Å². The van der Waals surface area contributed by atoms with Gasteiger partial charge in [-0.1, -0.05) is 61.0 Å². The topological polar surface area (TPSA) is 109 Å². The number of unbranched alkanes of at least 4 members (excludes halogenated alkanes) is 2. The minimum Gasteiger partial charge on any atom is -0.461 e. The fraction of sp³-hybridized carbons (Fsp3) is 0.222. The van der Waals surface area contributed by atoms with Crippen molar-refractivity contribution in [2.75, 3.05) is 6.54 Å². The molecule has 35 heavy (non-hydrogen) atoms. The van der Waals surface area contributed by atoms with Crippen LogP contribution in [-0.4, -0.2) is 26.8 Å². The van der Waals surface area contributed by atoms with Crippen molar-refractivity contribution in [3.8, 4) is 17.2 Å². The van der Waals surface area contributed by atoms with E-state index in [2.05, 4.69) is 15.8 Å². The molecule has 7 nitrogen and oxygen atoms in total. The Balaban J connectivity index is 1.17. The van der Waals surface area contributed by atoms with E-state index in [0.29, 0.717) is 36.3 Å². The molecule has 0 bridgehead atoms. The van der Waals surface area contributed by atoms with Crippen LogP contribution in [0, 0.1) is 11.3 Å². The third kappa shape index (κ3) is 5.94. The lowest BCUT2D eigenvalue weighted by atomic mass is 9.99. The lowest BCUT2D eigenvalue weighted by molar-refractivity contribution is -0.145. The van der Waals surface area contributed by atoms with Gasteiger partial charge >= 0.3 is 5.97 Å². The zero-order chi connectivity index (χ0) is 24.7. The number of ether oxygens (including phenoxy) is 1. The van der Waals surface area contributed by atoms with E-state index in [0.717, 1.165) is 29.5 Å². The van der Waals surface area contributed by atoms with Gasteiger partial charge in [0.25, 0.3) is 10.0 Å². The molecule has 0 spiro atoms. The number of rotatable bonds is 9. The van der Waals surface area contributed by atoms with Gasteiger partial charge in [0, 0.05) is 18.5 Å². The van der Waals surface area contributed by atoms with E-state index < -0.39 is 10.0 Å². The van der Waals surface area contributed by atoms with E-state index in [1.165, 1.54) is 0 Å². The number of hydrogen-bond acceptors (Lipinski definition) is 6. The van der Waals surface area contributed by atoms with Crippen molar-refractivity contribution in [2.24, 2.45) is 4.99 Å². The molecule has 3 aromatic carbocycles. The maximum atomic E-state index is 12.1. The van der Waals surface area contributed by atoms with Crippen LogP contribution in [-0.2, 0) is 26.2 Å². The number of fused-ring (bicyclic) bond motifs is 1. The van der Waals surface area contributed by atoms with E-state index in [1.54, 1.807) is 30.3 Å². The van der Waals surface area contributed by atoms with Crippen molar-refractivity contribution in [3.05, 3.63) is 89.5 Å². The molecule has 1 N–H and O–H groups in total. The number of sulfonamides is 1. The first-order valence-electron chi connectivity index (χ1n) is 11.4. The Morgan fingerprint density at radius 2 is 1.63 bits per heavy atom. The molecule has 4 rings (SSSR count). The van der Waals surface area contributed by atoms with Crippen molar-refractivity contribution < 1.29 is 17.9 Å². The van der Waals surface area contributed by atoms with Crippen molar-refractivity contribution in [2.45, 2.75) is 37.2 Å². The second kappa shape index (κ2) is 11.0. The summed E-state index contributed by atoms with van der Waals surface area (Å²) in [6.45, 7) is 0.675. The third-order valence-electron chi connectivity index (χ3n) is 5.68. The van der Waals surface area contributed by atoms with E-state index in [4.69, 9.17) is 4.74 Å². The van der Waals surface area contributed by atoms with Gasteiger partial charge in [0.2, 0.25) is 0 Å². The number of nitrogens with one attached hydrogen (secondary N) is 1. The summed E-state index contributed by atoms with van der Waals surface area (Å²) in [5.74, 6) is 0.120. The van der Waals surface area contributed by atoms with Crippen molar-refractivity contribution in [1.29, 1.82) is 5.26 Å². The summed E-state index contributed by atoms with van der Waals surface area (Å²) in [6.07, 6.45) is 2.52. The molecule has 178 valence electrons. The van der Waals surface area contributed by atoms with Crippen LogP contribution in [0.2, 0.25) is 0 Å². The average Bonchev–Trinajstić information content (AvgIpc) is 3.15. The molecule has 0 saturated carbocycles. The zero-order valence-corrected chi connectivity index (χ0v) is 19.9. The summed E-state index contributed by atoms with van der Waals surface area (Å²) in [6, 6.07) is 24.0. The molecule has 0 saturated heterocycles. The minimum atomic E-state index is -3.52. The standard InChI is InChI=1S/C27H25N3O4S/c28-18-22-8-3-4-9-23(22)21-15-13-20(14-16-21)19-34-26(31)12-2-1-7-17-29-27-24-10-5-6-11-25(24)35(32,33)30-27/h3-6,8-11,13-16H,1-2,7,12,17,19H2,(H,29,30). The normalized spacial score (nSPS) is 14.7. The number of esters is 1. The van der Waals surface area contributed by atoms with E-state index in [9.17, 15) is 18.5 Å². The fourth-order valence-electron chi connectivity index (χ4n) is 3.85. The minimum absolute atomic E-state index is 0.201. The van der Waals surface area contributed by atoms with Gasteiger partial charge in [-0.05, 0) is 47.7 Å². The Labute approximate surface area is 205 Å². The van der Waals surface area contributed by atoms with Crippen LogP contribution >= 0.6 is 0 Å². The first kappa shape index (κ1) is 24.2. The van der Waals surface area contributed by atoms with Gasteiger partial charge in [-0.3, -0.25) is 14.5 Å². The first-order valence-corrected chi connectivity index (χ1v) is 12.9. The molecule has 3 aromatic rings. The number of hydrogen-bond donors (Lipinski definition) is 1. The summed E-state index contributed by atoms with van der Waals surface area (Å²) in [5.41, 5.74) is 3.91. The first-order chi connectivity index (χ1) is 17.0. The molecule has 1 aliphatic rings. The average molecular weight is 488 g/mol. The van der Waals surface area contributed by atoms with Crippen LogP contribution in [0.3, 0.4) is 0 Å². The number of carbonyl (C=O) groups is 1. The van der Waals surface area contributed by atoms with Crippen LogP contribution < -0.4 is 4.72 Å².